The molecule has 0 unspecified atom stereocenters. The summed E-state index contributed by atoms with van der Waals surface area (Å²) >= 11 is 0. The van der Waals surface area contributed by atoms with Crippen molar-refractivity contribution in [3.8, 4) is 0 Å². The molecule has 0 spiro atoms. The predicted molar refractivity (Wildman–Crippen MR) is 217 cm³/mol. The van der Waals surface area contributed by atoms with E-state index in [-0.39, 0.29) is 19.4 Å². The van der Waals surface area contributed by atoms with Crippen molar-refractivity contribution in [1.29, 1.82) is 0 Å². The largest absolute Gasteiger partial charge is 0.469 e. The minimum absolute atomic E-state index is 0.103. The van der Waals surface area contributed by atoms with Crippen molar-refractivity contribution in [2.75, 3.05) is 13.2 Å². The van der Waals surface area contributed by atoms with Gasteiger partial charge < -0.3 is 24.4 Å². The van der Waals surface area contributed by atoms with Crippen LogP contribution in [0.1, 0.15) is 187 Å². The molecule has 10 heteroatoms. The Bertz CT molecular complexity index is 1020. The van der Waals surface area contributed by atoms with Crippen molar-refractivity contribution in [2.45, 2.75) is 199 Å². The molecule has 0 aliphatic carbocycles. The summed E-state index contributed by atoms with van der Waals surface area (Å²) in [6.07, 6.45) is 42.9. The summed E-state index contributed by atoms with van der Waals surface area (Å²) in [7, 11) is -4.78. The summed E-state index contributed by atoms with van der Waals surface area (Å²) in [5, 5.41) is 10.0. The Labute approximate surface area is 323 Å². The first-order valence-electron chi connectivity index (χ1n) is 21.0. The minimum Gasteiger partial charge on any atom is -0.462 e. The first-order valence-corrected chi connectivity index (χ1v) is 22.6. The van der Waals surface area contributed by atoms with E-state index in [1.54, 1.807) is 6.08 Å². The smallest absolute Gasteiger partial charge is 0.462 e. The molecule has 3 N–H and O–H groups in total. The van der Waals surface area contributed by atoms with Gasteiger partial charge in [-0.1, -0.05) is 178 Å². The zero-order chi connectivity index (χ0) is 39.1. The Kier molecular flexibility index (Phi) is 36.8. The predicted octanol–water partition coefficient (Wildman–Crippen LogP) is 11.7. The number of hydrogen-bond donors (Lipinski definition) is 3. The van der Waals surface area contributed by atoms with Crippen molar-refractivity contribution in [2.24, 2.45) is 0 Å². The molecule has 2 atom stereocenters. The van der Waals surface area contributed by atoms with Crippen molar-refractivity contribution in [3.63, 3.8) is 0 Å². The van der Waals surface area contributed by atoms with Gasteiger partial charge in [0.2, 0.25) is 0 Å². The molecular weight excluding hydrogens is 691 g/mol. The van der Waals surface area contributed by atoms with Crippen LogP contribution in [0.3, 0.4) is 0 Å². The Morgan fingerprint density at radius 1 is 0.585 bits per heavy atom. The molecule has 0 aliphatic heterocycles. The topological polar surface area (TPSA) is 140 Å². The van der Waals surface area contributed by atoms with Crippen LogP contribution in [0.5, 0.6) is 0 Å². The highest BCUT2D eigenvalue weighted by atomic mass is 31.2. The van der Waals surface area contributed by atoms with Gasteiger partial charge in [-0.2, -0.15) is 0 Å². The van der Waals surface area contributed by atoms with Gasteiger partial charge in [0.25, 0.3) is 0 Å². The van der Waals surface area contributed by atoms with Crippen LogP contribution in [-0.4, -0.2) is 52.3 Å². The molecule has 0 fully saturated rings. The number of carbonyl (C=O) groups is 2. The van der Waals surface area contributed by atoms with Gasteiger partial charge in [-0.25, -0.2) is 4.57 Å². The molecular formula is C43H77O9P. The van der Waals surface area contributed by atoms with Crippen LogP contribution < -0.4 is 0 Å². The molecule has 0 saturated carbocycles. The number of esters is 2. The van der Waals surface area contributed by atoms with Gasteiger partial charge in [-0.05, 0) is 44.9 Å². The second-order valence-corrected chi connectivity index (χ2v) is 15.4. The molecule has 53 heavy (non-hydrogen) atoms. The van der Waals surface area contributed by atoms with Gasteiger partial charge in [0.1, 0.15) is 6.61 Å². The number of phosphoric ester groups is 1. The molecule has 0 aliphatic rings. The van der Waals surface area contributed by atoms with Crippen molar-refractivity contribution in [1.82, 2.24) is 0 Å². The summed E-state index contributed by atoms with van der Waals surface area (Å²) < 4.78 is 26.3. The summed E-state index contributed by atoms with van der Waals surface area (Å²) in [5.74, 6) is -0.988. The van der Waals surface area contributed by atoms with E-state index in [0.29, 0.717) is 32.1 Å². The van der Waals surface area contributed by atoms with Crippen LogP contribution in [-0.2, 0) is 28.2 Å². The van der Waals surface area contributed by atoms with Crippen LogP contribution in [0.2, 0.25) is 0 Å². The monoisotopic (exact) mass is 769 g/mol. The van der Waals surface area contributed by atoms with E-state index < -0.39 is 38.6 Å². The lowest BCUT2D eigenvalue weighted by Gasteiger charge is -2.18. The number of phosphoric acid groups is 1. The highest BCUT2D eigenvalue weighted by molar-refractivity contribution is 7.46. The summed E-state index contributed by atoms with van der Waals surface area (Å²) in [6, 6.07) is 0. The third kappa shape index (κ3) is 41.0. The van der Waals surface area contributed by atoms with Crippen LogP contribution >= 0.6 is 7.82 Å². The fourth-order valence-electron chi connectivity index (χ4n) is 5.74. The van der Waals surface area contributed by atoms with Gasteiger partial charge >= 0.3 is 19.8 Å². The van der Waals surface area contributed by atoms with Crippen LogP contribution in [0, 0.1) is 0 Å². The zero-order valence-corrected chi connectivity index (χ0v) is 34.4. The molecule has 0 saturated heterocycles. The maximum absolute atomic E-state index is 12.4. The Morgan fingerprint density at radius 2 is 1.09 bits per heavy atom. The number of hydrogen-bond acceptors (Lipinski definition) is 7. The van der Waals surface area contributed by atoms with E-state index in [2.05, 4.69) is 24.4 Å². The van der Waals surface area contributed by atoms with Crippen LogP contribution in [0.25, 0.3) is 0 Å². The number of unbranched alkanes of at least 4 members (excludes halogenated alkanes) is 20. The molecule has 0 radical (unpaired) electrons. The van der Waals surface area contributed by atoms with E-state index in [4.69, 9.17) is 19.3 Å². The zero-order valence-electron chi connectivity index (χ0n) is 33.5. The second-order valence-electron chi connectivity index (χ2n) is 14.2. The Balaban J connectivity index is 4.06. The number of carbonyl (C=O) groups excluding carboxylic acids is 2. The number of allylic oxidation sites excluding steroid dienone is 6. The fourth-order valence-corrected chi connectivity index (χ4v) is 6.10. The number of aliphatic hydroxyl groups excluding tert-OH is 1. The first kappa shape index (κ1) is 51.0. The molecule has 0 aromatic carbocycles. The lowest BCUT2D eigenvalue weighted by Crippen LogP contribution is -2.29. The van der Waals surface area contributed by atoms with Crippen LogP contribution in [0.4, 0.5) is 0 Å². The lowest BCUT2D eigenvalue weighted by molar-refractivity contribution is -0.161. The maximum atomic E-state index is 12.4. The first-order chi connectivity index (χ1) is 25.7. The summed E-state index contributed by atoms with van der Waals surface area (Å²) in [4.78, 5) is 42.8. The summed E-state index contributed by atoms with van der Waals surface area (Å²) in [6.45, 7) is 3.55. The third-order valence-corrected chi connectivity index (χ3v) is 9.42. The molecule has 0 aromatic heterocycles. The molecule has 0 bridgehead atoms. The third-order valence-electron chi connectivity index (χ3n) is 8.93. The van der Waals surface area contributed by atoms with E-state index in [9.17, 15) is 19.3 Å². The standard InChI is InChI=1S/C43H77O9P/c1-3-5-7-9-11-12-13-14-15-16-17-18-19-20-24-28-32-36-42(45)50-38-41(39-51-53(47,48)49)52-43(46)37-33-29-25-21-23-27-31-35-40(44)34-30-26-22-10-8-6-4-2/h21-22,25-27,30-31,34,40-41,44H,3-20,23-24,28-29,32-33,35-39H2,1-2H3,(H2,47,48,49)/b25-21+,26-22-,31-27-,34-30-/t40-,41+/m0/s1. The average molecular weight is 769 g/mol. The van der Waals surface area contributed by atoms with E-state index in [1.165, 1.54) is 103 Å². The van der Waals surface area contributed by atoms with E-state index >= 15 is 0 Å². The van der Waals surface area contributed by atoms with Gasteiger partial charge in [-0.15, -0.1) is 0 Å². The van der Waals surface area contributed by atoms with Crippen molar-refractivity contribution in [3.05, 3.63) is 48.6 Å². The fraction of sp³-hybridized carbons (Fsp3) is 0.767. The van der Waals surface area contributed by atoms with Crippen molar-refractivity contribution >= 4 is 19.8 Å². The normalized spacial score (nSPS) is 13.5. The number of ether oxygens (including phenoxy) is 2. The van der Waals surface area contributed by atoms with E-state index in [1.807, 2.05) is 36.5 Å². The molecule has 0 rings (SSSR count). The van der Waals surface area contributed by atoms with E-state index in [0.717, 1.165) is 25.7 Å². The quantitative estimate of drug-likeness (QED) is 0.0184. The number of rotatable bonds is 38. The SMILES string of the molecule is CCCCC/C=C\C=C/[C@H](O)C/C=C\C/C=C/CCCC(=O)O[C@H](COC(=O)CCCCCCCCCCCCCCCCCCC)COP(=O)(O)O. The summed E-state index contributed by atoms with van der Waals surface area (Å²) in [5.41, 5.74) is 0. The second kappa shape index (κ2) is 38.3. The highest BCUT2D eigenvalue weighted by Crippen LogP contribution is 2.36. The Hall–Kier alpha value is -2.03. The highest BCUT2D eigenvalue weighted by Gasteiger charge is 2.22. The van der Waals surface area contributed by atoms with Gasteiger partial charge in [0.05, 0.1) is 12.7 Å². The molecule has 9 nitrogen and oxygen atoms in total. The molecule has 308 valence electrons. The lowest BCUT2D eigenvalue weighted by atomic mass is 10.0. The van der Waals surface area contributed by atoms with Crippen molar-refractivity contribution < 1.29 is 43.0 Å². The molecule has 0 aromatic rings. The number of aliphatic hydroxyl groups is 1. The van der Waals surface area contributed by atoms with Gasteiger partial charge in [0.15, 0.2) is 6.10 Å². The average Bonchev–Trinajstić information content (AvgIpc) is 3.12. The van der Waals surface area contributed by atoms with Crippen LogP contribution in [0.15, 0.2) is 48.6 Å². The van der Waals surface area contributed by atoms with Gasteiger partial charge in [-0.3, -0.25) is 14.1 Å². The molecule has 0 heterocycles. The maximum Gasteiger partial charge on any atom is 0.469 e. The molecule has 0 amide bonds. The minimum atomic E-state index is -4.78. The van der Waals surface area contributed by atoms with Gasteiger partial charge in [0, 0.05) is 12.8 Å². The Morgan fingerprint density at radius 3 is 1.68 bits per heavy atom.